The minimum atomic E-state index is 0.556. The van der Waals surface area contributed by atoms with Crippen LogP contribution < -0.4 is 10.1 Å². The van der Waals surface area contributed by atoms with Gasteiger partial charge in [-0.1, -0.05) is 15.9 Å². The Morgan fingerprint density at radius 3 is 2.86 bits per heavy atom. The summed E-state index contributed by atoms with van der Waals surface area (Å²) in [7, 11) is 0. The maximum atomic E-state index is 5.97. The fourth-order valence-corrected chi connectivity index (χ4v) is 3.69. The first kappa shape index (κ1) is 14.7. The molecular formula is C14H11Br2N3OS. The third-order valence-corrected chi connectivity index (χ3v) is 4.65. The average molecular weight is 429 g/mol. The van der Waals surface area contributed by atoms with Gasteiger partial charge in [0.1, 0.15) is 10.6 Å². The highest BCUT2D eigenvalue weighted by molar-refractivity contribution is 9.11. The van der Waals surface area contributed by atoms with E-state index in [2.05, 4.69) is 47.1 Å². The van der Waals surface area contributed by atoms with Crippen molar-refractivity contribution >= 4 is 59.4 Å². The van der Waals surface area contributed by atoms with Gasteiger partial charge in [-0.3, -0.25) is 0 Å². The van der Waals surface area contributed by atoms with Crippen LogP contribution >= 0.6 is 43.2 Å². The van der Waals surface area contributed by atoms with E-state index in [1.165, 1.54) is 0 Å². The zero-order valence-electron chi connectivity index (χ0n) is 11.1. The number of nitrogens with one attached hydrogen (secondary N) is 1. The quantitative estimate of drug-likeness (QED) is 0.600. The summed E-state index contributed by atoms with van der Waals surface area (Å²) < 4.78 is 7.82. The third kappa shape index (κ3) is 3.20. The normalized spacial score (nSPS) is 10.8. The predicted molar refractivity (Wildman–Crippen MR) is 93.5 cm³/mol. The molecule has 4 nitrogen and oxygen atoms in total. The van der Waals surface area contributed by atoms with E-state index in [1.54, 1.807) is 11.3 Å². The van der Waals surface area contributed by atoms with Crippen LogP contribution in [0.1, 0.15) is 6.92 Å². The molecule has 0 aliphatic carbocycles. The van der Waals surface area contributed by atoms with Gasteiger partial charge in [0.25, 0.3) is 0 Å². The number of hydrogen-bond donors (Lipinski definition) is 1. The second-order valence-electron chi connectivity index (χ2n) is 4.20. The minimum Gasteiger partial charge on any atom is -0.437 e. The molecule has 7 heteroatoms. The first-order chi connectivity index (χ1) is 10.2. The van der Waals surface area contributed by atoms with Crippen molar-refractivity contribution in [2.45, 2.75) is 6.92 Å². The van der Waals surface area contributed by atoms with Gasteiger partial charge in [0, 0.05) is 11.0 Å². The van der Waals surface area contributed by atoms with E-state index < -0.39 is 0 Å². The van der Waals surface area contributed by atoms with Crippen LogP contribution in [0.4, 0.5) is 5.95 Å². The molecule has 0 fully saturated rings. The van der Waals surface area contributed by atoms with E-state index in [-0.39, 0.29) is 0 Å². The van der Waals surface area contributed by atoms with Crippen molar-refractivity contribution in [3.05, 3.63) is 38.6 Å². The number of aromatic nitrogens is 2. The van der Waals surface area contributed by atoms with Crippen molar-refractivity contribution in [2.24, 2.45) is 0 Å². The van der Waals surface area contributed by atoms with Crippen molar-refractivity contribution < 1.29 is 4.74 Å². The van der Waals surface area contributed by atoms with Gasteiger partial charge < -0.3 is 10.1 Å². The lowest BCUT2D eigenvalue weighted by atomic mass is 10.3. The van der Waals surface area contributed by atoms with Crippen molar-refractivity contribution in [3.8, 4) is 11.6 Å². The zero-order chi connectivity index (χ0) is 14.8. The number of rotatable bonds is 4. The fourth-order valence-electron chi connectivity index (χ4n) is 1.81. The third-order valence-electron chi connectivity index (χ3n) is 2.73. The van der Waals surface area contributed by atoms with Gasteiger partial charge in [0.2, 0.25) is 11.8 Å². The molecule has 2 heterocycles. The van der Waals surface area contributed by atoms with Crippen LogP contribution in [0.2, 0.25) is 0 Å². The second-order valence-corrected chi connectivity index (χ2v) is 6.86. The summed E-state index contributed by atoms with van der Waals surface area (Å²) >= 11 is 8.49. The summed E-state index contributed by atoms with van der Waals surface area (Å²) in [6.45, 7) is 2.77. The Morgan fingerprint density at radius 2 is 2.10 bits per heavy atom. The molecule has 21 heavy (non-hydrogen) atoms. The van der Waals surface area contributed by atoms with Gasteiger partial charge in [0.05, 0.1) is 9.86 Å². The maximum Gasteiger partial charge on any atom is 0.232 e. The molecule has 1 aromatic carbocycles. The topological polar surface area (TPSA) is 47.0 Å². The van der Waals surface area contributed by atoms with E-state index in [4.69, 9.17) is 4.74 Å². The number of fused-ring (bicyclic) bond motifs is 1. The number of nitrogens with zero attached hydrogens (tertiary/aromatic N) is 2. The zero-order valence-corrected chi connectivity index (χ0v) is 15.0. The van der Waals surface area contributed by atoms with Crippen LogP contribution in [0.25, 0.3) is 10.2 Å². The summed E-state index contributed by atoms with van der Waals surface area (Å²) in [5.74, 6) is 1.85. The van der Waals surface area contributed by atoms with Crippen molar-refractivity contribution in [1.82, 2.24) is 9.97 Å². The molecule has 0 unspecified atom stereocenters. The Morgan fingerprint density at radius 1 is 1.24 bits per heavy atom. The van der Waals surface area contributed by atoms with Crippen molar-refractivity contribution in [1.29, 1.82) is 0 Å². The molecule has 0 saturated heterocycles. The molecule has 108 valence electrons. The molecule has 0 aliphatic rings. The Balaban J connectivity index is 2.04. The van der Waals surface area contributed by atoms with Gasteiger partial charge in [-0.15, -0.1) is 11.3 Å². The Bertz CT molecular complexity index is 791. The van der Waals surface area contributed by atoms with Gasteiger partial charge in [-0.25, -0.2) is 4.98 Å². The first-order valence-electron chi connectivity index (χ1n) is 6.29. The summed E-state index contributed by atoms with van der Waals surface area (Å²) in [5.41, 5.74) is 0. The Labute approximate surface area is 142 Å². The molecule has 0 saturated carbocycles. The van der Waals surface area contributed by atoms with Crippen molar-refractivity contribution in [3.63, 3.8) is 0 Å². The number of thiophene rings is 1. The standard InChI is InChI=1S/C14H11Br2N3OS/c1-2-17-14-18-12(9-5-6-21-13(9)19-14)20-11-4-3-8(15)7-10(11)16/h3-7H,2H2,1H3,(H,17,18,19). The highest BCUT2D eigenvalue weighted by atomic mass is 79.9. The molecule has 0 spiro atoms. The molecule has 2 aromatic heterocycles. The number of anilines is 1. The van der Waals surface area contributed by atoms with E-state index in [9.17, 15) is 0 Å². The number of hydrogen-bond acceptors (Lipinski definition) is 5. The summed E-state index contributed by atoms with van der Waals surface area (Å²) in [6.07, 6.45) is 0. The van der Waals surface area contributed by atoms with Crippen molar-refractivity contribution in [2.75, 3.05) is 11.9 Å². The average Bonchev–Trinajstić information content (AvgIpc) is 2.91. The summed E-state index contributed by atoms with van der Waals surface area (Å²) in [5, 5.41) is 6.02. The van der Waals surface area contributed by atoms with Crippen LogP contribution in [0.15, 0.2) is 38.6 Å². The van der Waals surface area contributed by atoms with Gasteiger partial charge >= 0.3 is 0 Å². The van der Waals surface area contributed by atoms with Gasteiger partial charge in [-0.2, -0.15) is 4.98 Å². The lowest BCUT2D eigenvalue weighted by Gasteiger charge is -2.10. The highest BCUT2D eigenvalue weighted by Gasteiger charge is 2.12. The van der Waals surface area contributed by atoms with Crippen LogP contribution in [0.5, 0.6) is 11.6 Å². The van der Waals surface area contributed by atoms with Gasteiger partial charge in [-0.05, 0) is 52.5 Å². The van der Waals surface area contributed by atoms with Crippen LogP contribution in [-0.4, -0.2) is 16.5 Å². The molecule has 0 bridgehead atoms. The van der Waals surface area contributed by atoms with E-state index in [1.807, 2.05) is 36.6 Å². The largest absolute Gasteiger partial charge is 0.437 e. The number of halogens is 2. The molecule has 0 radical (unpaired) electrons. The van der Waals surface area contributed by atoms with Crippen LogP contribution in [0, 0.1) is 0 Å². The molecule has 0 atom stereocenters. The smallest absolute Gasteiger partial charge is 0.232 e. The van der Waals surface area contributed by atoms with Gasteiger partial charge in [0.15, 0.2) is 0 Å². The molecule has 1 N–H and O–H groups in total. The highest BCUT2D eigenvalue weighted by Crippen LogP contribution is 2.35. The monoisotopic (exact) mass is 427 g/mol. The Hall–Kier alpha value is -1.18. The van der Waals surface area contributed by atoms with E-state index in [0.29, 0.717) is 17.6 Å². The first-order valence-corrected chi connectivity index (χ1v) is 8.76. The molecule has 3 aromatic rings. The molecule has 3 rings (SSSR count). The lowest BCUT2D eigenvalue weighted by molar-refractivity contribution is 0.466. The van der Waals surface area contributed by atoms with Crippen LogP contribution in [-0.2, 0) is 0 Å². The SMILES string of the molecule is CCNc1nc(Oc2ccc(Br)cc2Br)c2ccsc2n1. The van der Waals surface area contributed by atoms with E-state index in [0.717, 1.165) is 25.7 Å². The van der Waals surface area contributed by atoms with Crippen LogP contribution in [0.3, 0.4) is 0 Å². The Kier molecular flexibility index (Phi) is 4.42. The molecule has 0 aliphatic heterocycles. The lowest BCUT2D eigenvalue weighted by Crippen LogP contribution is -2.03. The second kappa shape index (κ2) is 6.29. The number of benzene rings is 1. The molecular weight excluding hydrogens is 418 g/mol. The summed E-state index contributed by atoms with van der Waals surface area (Å²) in [6, 6.07) is 7.73. The maximum absolute atomic E-state index is 5.97. The fraction of sp³-hybridized carbons (Fsp3) is 0.143. The minimum absolute atomic E-state index is 0.556. The summed E-state index contributed by atoms with van der Waals surface area (Å²) in [4.78, 5) is 9.82. The van der Waals surface area contributed by atoms with E-state index >= 15 is 0 Å². The predicted octanol–water partition coefficient (Wildman–Crippen LogP) is 5.44. The number of ether oxygens (including phenoxy) is 1. The molecule has 0 amide bonds.